The average Bonchev–Trinajstić information content (AvgIpc) is 2.16. The van der Waals surface area contributed by atoms with Gasteiger partial charge in [-0.1, -0.05) is 0 Å². The molecule has 96 valence electrons. The summed E-state index contributed by atoms with van der Waals surface area (Å²) in [6, 6.07) is -0.531. The molecule has 1 saturated heterocycles. The summed E-state index contributed by atoms with van der Waals surface area (Å²) in [6.45, 7) is 4.43. The predicted molar refractivity (Wildman–Crippen MR) is 55.4 cm³/mol. The Morgan fingerprint density at radius 1 is 1.50 bits per heavy atom. The van der Waals surface area contributed by atoms with Crippen molar-refractivity contribution in [3.8, 4) is 0 Å². The third kappa shape index (κ3) is 6.30. The van der Waals surface area contributed by atoms with Gasteiger partial charge < -0.3 is 15.4 Å². The fourth-order valence-corrected chi connectivity index (χ4v) is 1.72. The minimum absolute atomic E-state index is 0.124. The maximum Gasteiger partial charge on any atom is 0.390 e. The van der Waals surface area contributed by atoms with Crippen molar-refractivity contribution in [3.63, 3.8) is 0 Å². The highest BCUT2D eigenvalue weighted by molar-refractivity contribution is 4.71. The van der Waals surface area contributed by atoms with Gasteiger partial charge in [-0.3, -0.25) is 0 Å². The monoisotopic (exact) mass is 240 g/mol. The van der Waals surface area contributed by atoms with Gasteiger partial charge in [-0.15, -0.1) is 0 Å². The second-order valence-electron chi connectivity index (χ2n) is 4.16. The van der Waals surface area contributed by atoms with E-state index in [1.165, 1.54) is 0 Å². The molecule has 1 aliphatic rings. The molecule has 2 atom stereocenters. The van der Waals surface area contributed by atoms with Crippen LogP contribution in [-0.4, -0.2) is 44.6 Å². The first-order valence-corrected chi connectivity index (χ1v) is 5.60. The van der Waals surface area contributed by atoms with Crippen LogP contribution < -0.4 is 10.6 Å². The molecule has 2 N–H and O–H groups in total. The topological polar surface area (TPSA) is 33.3 Å². The van der Waals surface area contributed by atoms with E-state index in [1.54, 1.807) is 6.92 Å². The highest BCUT2D eigenvalue weighted by atomic mass is 19.4. The molecular formula is C10H19F3N2O. The summed E-state index contributed by atoms with van der Waals surface area (Å²) >= 11 is 0. The van der Waals surface area contributed by atoms with E-state index in [9.17, 15) is 13.2 Å². The van der Waals surface area contributed by atoms with Crippen LogP contribution in [0.4, 0.5) is 13.2 Å². The van der Waals surface area contributed by atoms with Crippen molar-refractivity contribution in [2.45, 2.75) is 38.1 Å². The highest BCUT2D eigenvalue weighted by Gasteiger charge is 2.29. The van der Waals surface area contributed by atoms with Crippen LogP contribution in [0.15, 0.2) is 0 Å². The Bertz CT molecular complexity index is 193. The van der Waals surface area contributed by atoms with Crippen molar-refractivity contribution in [2.75, 3.05) is 26.2 Å². The molecule has 0 aliphatic carbocycles. The van der Waals surface area contributed by atoms with Gasteiger partial charge in [0.05, 0.1) is 19.1 Å². The minimum Gasteiger partial charge on any atom is -0.376 e. The molecule has 1 aliphatic heterocycles. The zero-order valence-electron chi connectivity index (χ0n) is 9.44. The van der Waals surface area contributed by atoms with Crippen LogP contribution in [0.25, 0.3) is 0 Å². The summed E-state index contributed by atoms with van der Waals surface area (Å²) in [7, 11) is 0. The molecule has 0 radical (unpaired) electrons. The SMILES string of the molecule is CC(CC(F)(F)F)NCCC1CNCCO1. The first-order chi connectivity index (χ1) is 7.47. The summed E-state index contributed by atoms with van der Waals surface area (Å²) in [4.78, 5) is 0. The molecule has 3 nitrogen and oxygen atoms in total. The third-order valence-corrected chi connectivity index (χ3v) is 2.50. The van der Waals surface area contributed by atoms with Gasteiger partial charge in [0.2, 0.25) is 0 Å². The maximum atomic E-state index is 12.0. The molecule has 0 aromatic heterocycles. The van der Waals surface area contributed by atoms with Crippen molar-refractivity contribution >= 4 is 0 Å². The zero-order chi connectivity index (χ0) is 12.0. The molecule has 2 unspecified atom stereocenters. The molecular weight excluding hydrogens is 221 g/mol. The standard InChI is InChI=1S/C10H19F3N2O/c1-8(6-10(11,12)13)15-3-2-9-7-14-4-5-16-9/h8-9,14-15H,2-7H2,1H3. The van der Waals surface area contributed by atoms with Crippen LogP contribution >= 0.6 is 0 Å². The smallest absolute Gasteiger partial charge is 0.376 e. The summed E-state index contributed by atoms with van der Waals surface area (Å²) in [6.07, 6.45) is -4.00. The fraction of sp³-hybridized carbons (Fsp3) is 1.00. The van der Waals surface area contributed by atoms with Crippen LogP contribution in [0.2, 0.25) is 0 Å². The highest BCUT2D eigenvalue weighted by Crippen LogP contribution is 2.21. The zero-order valence-corrected chi connectivity index (χ0v) is 9.44. The van der Waals surface area contributed by atoms with Gasteiger partial charge in [0.1, 0.15) is 0 Å². The van der Waals surface area contributed by atoms with Gasteiger partial charge in [-0.2, -0.15) is 13.2 Å². The van der Waals surface area contributed by atoms with Gasteiger partial charge >= 0.3 is 6.18 Å². The molecule has 6 heteroatoms. The molecule has 0 bridgehead atoms. The second kappa shape index (κ2) is 6.42. The van der Waals surface area contributed by atoms with Gasteiger partial charge in [0, 0.05) is 19.1 Å². The van der Waals surface area contributed by atoms with Crippen LogP contribution in [0.3, 0.4) is 0 Å². The van der Waals surface area contributed by atoms with Crippen molar-refractivity contribution in [1.82, 2.24) is 10.6 Å². The van der Waals surface area contributed by atoms with Crippen LogP contribution in [0.5, 0.6) is 0 Å². The van der Waals surface area contributed by atoms with E-state index in [0.29, 0.717) is 13.2 Å². The Morgan fingerprint density at radius 2 is 2.25 bits per heavy atom. The predicted octanol–water partition coefficient (Wildman–Crippen LogP) is 1.30. The molecule has 1 fully saturated rings. The van der Waals surface area contributed by atoms with E-state index in [0.717, 1.165) is 19.5 Å². The lowest BCUT2D eigenvalue weighted by Crippen LogP contribution is -2.41. The minimum atomic E-state index is -4.09. The van der Waals surface area contributed by atoms with Gasteiger partial charge in [-0.05, 0) is 19.9 Å². The quantitative estimate of drug-likeness (QED) is 0.760. The van der Waals surface area contributed by atoms with E-state index in [1.807, 2.05) is 0 Å². The lowest BCUT2D eigenvalue weighted by Gasteiger charge is -2.24. The number of rotatable bonds is 5. The van der Waals surface area contributed by atoms with E-state index < -0.39 is 18.6 Å². The van der Waals surface area contributed by atoms with E-state index in [2.05, 4.69) is 10.6 Å². The van der Waals surface area contributed by atoms with Crippen molar-refractivity contribution in [3.05, 3.63) is 0 Å². The molecule has 0 spiro atoms. The van der Waals surface area contributed by atoms with Crippen molar-refractivity contribution in [1.29, 1.82) is 0 Å². The third-order valence-electron chi connectivity index (χ3n) is 2.50. The number of nitrogens with one attached hydrogen (secondary N) is 2. The lowest BCUT2D eigenvalue weighted by atomic mass is 10.2. The largest absolute Gasteiger partial charge is 0.390 e. The average molecular weight is 240 g/mol. The van der Waals surface area contributed by atoms with Crippen molar-refractivity contribution < 1.29 is 17.9 Å². The van der Waals surface area contributed by atoms with Crippen LogP contribution in [-0.2, 0) is 4.74 Å². The molecule has 0 saturated carbocycles. The first kappa shape index (κ1) is 13.7. The molecule has 1 rings (SSSR count). The van der Waals surface area contributed by atoms with Crippen molar-refractivity contribution in [2.24, 2.45) is 0 Å². The summed E-state index contributed by atoms with van der Waals surface area (Å²) in [5.74, 6) is 0. The fourth-order valence-electron chi connectivity index (χ4n) is 1.72. The number of ether oxygens (including phenoxy) is 1. The summed E-state index contributed by atoms with van der Waals surface area (Å²) in [5, 5.41) is 6.04. The van der Waals surface area contributed by atoms with Gasteiger partial charge in [0.25, 0.3) is 0 Å². The maximum absolute atomic E-state index is 12.0. The van der Waals surface area contributed by atoms with Crippen LogP contribution in [0.1, 0.15) is 19.8 Å². The molecule has 0 aromatic rings. The first-order valence-electron chi connectivity index (χ1n) is 5.60. The Hall–Kier alpha value is -0.330. The number of hydrogen-bond acceptors (Lipinski definition) is 3. The Balaban J connectivity index is 2.05. The number of hydrogen-bond donors (Lipinski definition) is 2. The lowest BCUT2D eigenvalue weighted by molar-refractivity contribution is -0.139. The Morgan fingerprint density at radius 3 is 2.81 bits per heavy atom. The van der Waals surface area contributed by atoms with Gasteiger partial charge in [0.15, 0.2) is 0 Å². The molecule has 0 aromatic carbocycles. The summed E-state index contributed by atoms with van der Waals surface area (Å²) < 4.78 is 41.5. The number of alkyl halides is 3. The molecule has 16 heavy (non-hydrogen) atoms. The summed E-state index contributed by atoms with van der Waals surface area (Å²) in [5.41, 5.74) is 0. The molecule has 1 heterocycles. The van der Waals surface area contributed by atoms with Gasteiger partial charge in [-0.25, -0.2) is 0 Å². The van der Waals surface area contributed by atoms with Crippen LogP contribution in [0, 0.1) is 0 Å². The number of halogens is 3. The second-order valence-corrected chi connectivity index (χ2v) is 4.16. The Kier molecular flexibility index (Phi) is 5.51. The van der Waals surface area contributed by atoms with E-state index in [-0.39, 0.29) is 6.10 Å². The van der Waals surface area contributed by atoms with E-state index in [4.69, 9.17) is 4.74 Å². The van der Waals surface area contributed by atoms with E-state index >= 15 is 0 Å². The Labute approximate surface area is 93.7 Å². The normalized spacial score (nSPS) is 24.4. The number of morpholine rings is 1. The molecule has 0 amide bonds.